The molecule has 1 fully saturated rings. The molecule has 0 spiro atoms. The van der Waals surface area contributed by atoms with Crippen LogP contribution in [-0.4, -0.2) is 37.0 Å². The fraction of sp³-hybridized carbons (Fsp3) is 0.438. The van der Waals surface area contributed by atoms with Gasteiger partial charge < -0.3 is 14.6 Å². The summed E-state index contributed by atoms with van der Waals surface area (Å²) in [6.45, 7) is 3.41. The summed E-state index contributed by atoms with van der Waals surface area (Å²) in [6, 6.07) is 5.94. The number of aryl methyl sites for hydroxylation is 1. The number of nitrogens with zero attached hydrogens (tertiary/aromatic N) is 1. The lowest BCUT2D eigenvalue weighted by Gasteiger charge is -2.32. The van der Waals surface area contributed by atoms with Gasteiger partial charge in [-0.05, 0) is 32.9 Å². The minimum absolute atomic E-state index is 0.0419. The molecule has 1 N–H and O–H groups in total. The second-order valence-corrected chi connectivity index (χ2v) is 5.96. The lowest BCUT2D eigenvalue weighted by atomic mass is 10.0. The molecule has 0 aliphatic carbocycles. The van der Waals surface area contributed by atoms with Gasteiger partial charge >= 0.3 is 0 Å². The standard InChI is InChI=1S/C16H19ClN2O2/c1-10-12-6-3-7-13(17)15(12)21-14(10)16(20)19-8-4-5-11(9-19)18-2/h3,6-7,11,18H,4-5,8-9H2,1-2H3. The van der Waals surface area contributed by atoms with Crippen LogP contribution < -0.4 is 5.32 Å². The van der Waals surface area contributed by atoms with Gasteiger partial charge in [-0.1, -0.05) is 23.7 Å². The zero-order valence-corrected chi connectivity index (χ0v) is 13.0. The van der Waals surface area contributed by atoms with Crippen LogP contribution in [0.1, 0.15) is 29.0 Å². The van der Waals surface area contributed by atoms with Gasteiger partial charge in [-0.15, -0.1) is 0 Å². The monoisotopic (exact) mass is 306 g/mol. The molecule has 3 rings (SSSR count). The molecule has 1 aliphatic rings. The number of likely N-dealkylation sites (N-methyl/N-ethyl adjacent to an activating group) is 1. The average Bonchev–Trinajstić information content (AvgIpc) is 2.85. The Bertz CT molecular complexity index is 680. The van der Waals surface area contributed by atoms with Crippen molar-refractivity contribution in [3.63, 3.8) is 0 Å². The maximum absolute atomic E-state index is 12.7. The molecule has 4 nitrogen and oxygen atoms in total. The predicted molar refractivity (Wildman–Crippen MR) is 83.9 cm³/mol. The molecular weight excluding hydrogens is 288 g/mol. The molecule has 21 heavy (non-hydrogen) atoms. The van der Waals surface area contributed by atoms with E-state index in [1.165, 1.54) is 0 Å². The van der Waals surface area contributed by atoms with E-state index in [9.17, 15) is 4.79 Å². The predicted octanol–water partition coefficient (Wildman–Crippen LogP) is 3.22. The second kappa shape index (κ2) is 5.70. The van der Waals surface area contributed by atoms with Gasteiger partial charge in [0.2, 0.25) is 0 Å². The smallest absolute Gasteiger partial charge is 0.289 e. The van der Waals surface area contributed by atoms with Crippen LogP contribution in [0.15, 0.2) is 22.6 Å². The first-order valence-electron chi connectivity index (χ1n) is 7.26. The highest BCUT2D eigenvalue weighted by molar-refractivity contribution is 6.35. The van der Waals surface area contributed by atoms with E-state index in [-0.39, 0.29) is 5.91 Å². The number of carbonyl (C=O) groups is 1. The molecule has 0 bridgehead atoms. The lowest BCUT2D eigenvalue weighted by molar-refractivity contribution is 0.0667. The molecule has 1 aliphatic heterocycles. The topological polar surface area (TPSA) is 45.5 Å². The highest BCUT2D eigenvalue weighted by Gasteiger charge is 2.27. The van der Waals surface area contributed by atoms with Crippen LogP contribution in [0, 0.1) is 6.92 Å². The van der Waals surface area contributed by atoms with Crippen molar-refractivity contribution in [1.82, 2.24) is 10.2 Å². The van der Waals surface area contributed by atoms with Crippen LogP contribution in [0.25, 0.3) is 11.0 Å². The number of fused-ring (bicyclic) bond motifs is 1. The minimum Gasteiger partial charge on any atom is -0.449 e. The normalized spacial score (nSPS) is 19.2. The van der Waals surface area contributed by atoms with E-state index in [4.69, 9.17) is 16.0 Å². The molecule has 1 aromatic heterocycles. The van der Waals surface area contributed by atoms with Crippen molar-refractivity contribution in [2.75, 3.05) is 20.1 Å². The summed E-state index contributed by atoms with van der Waals surface area (Å²) < 4.78 is 5.77. The van der Waals surface area contributed by atoms with Gasteiger partial charge in [0.25, 0.3) is 5.91 Å². The number of rotatable bonds is 2. The van der Waals surface area contributed by atoms with Gasteiger partial charge in [-0.2, -0.15) is 0 Å². The van der Waals surface area contributed by atoms with Gasteiger partial charge in [0.1, 0.15) is 0 Å². The lowest BCUT2D eigenvalue weighted by Crippen LogP contribution is -2.47. The highest BCUT2D eigenvalue weighted by Crippen LogP contribution is 2.31. The summed E-state index contributed by atoms with van der Waals surface area (Å²) >= 11 is 6.15. The van der Waals surface area contributed by atoms with Crippen molar-refractivity contribution in [2.24, 2.45) is 0 Å². The Balaban J connectivity index is 1.94. The SMILES string of the molecule is CNC1CCCN(C(=O)c2oc3c(Cl)cccc3c2C)C1. The Morgan fingerprint density at radius 2 is 2.29 bits per heavy atom. The van der Waals surface area contributed by atoms with Crippen molar-refractivity contribution in [3.05, 3.63) is 34.5 Å². The van der Waals surface area contributed by atoms with Crippen LogP contribution in [0.5, 0.6) is 0 Å². The molecule has 1 amide bonds. The van der Waals surface area contributed by atoms with Crippen molar-refractivity contribution < 1.29 is 9.21 Å². The molecule has 1 aromatic carbocycles. The number of hydrogen-bond donors (Lipinski definition) is 1. The van der Waals surface area contributed by atoms with Crippen LogP contribution in [0.4, 0.5) is 0 Å². The number of furan rings is 1. The summed E-state index contributed by atoms with van der Waals surface area (Å²) in [6.07, 6.45) is 2.11. The third-order valence-corrected chi connectivity index (χ3v) is 4.52. The molecule has 5 heteroatoms. The van der Waals surface area contributed by atoms with Gasteiger partial charge in [0.15, 0.2) is 11.3 Å². The fourth-order valence-corrected chi connectivity index (χ4v) is 3.17. The zero-order valence-electron chi connectivity index (χ0n) is 12.3. The maximum Gasteiger partial charge on any atom is 0.289 e. The molecule has 0 saturated carbocycles. The van der Waals surface area contributed by atoms with E-state index in [2.05, 4.69) is 5.32 Å². The summed E-state index contributed by atoms with van der Waals surface area (Å²) in [4.78, 5) is 14.6. The number of piperidine rings is 1. The van der Waals surface area contributed by atoms with E-state index < -0.39 is 0 Å². The van der Waals surface area contributed by atoms with E-state index in [0.717, 1.165) is 36.9 Å². The number of likely N-dealkylation sites (tertiary alicyclic amines) is 1. The van der Waals surface area contributed by atoms with Crippen LogP contribution in [0.2, 0.25) is 5.02 Å². The van der Waals surface area contributed by atoms with E-state index in [1.807, 2.05) is 31.0 Å². The number of amides is 1. The number of halogens is 1. The third kappa shape index (κ3) is 2.54. The molecule has 1 unspecified atom stereocenters. The molecule has 2 heterocycles. The van der Waals surface area contributed by atoms with Gasteiger partial charge in [0.05, 0.1) is 5.02 Å². The van der Waals surface area contributed by atoms with Crippen molar-refractivity contribution in [1.29, 1.82) is 0 Å². The molecule has 2 aromatic rings. The van der Waals surface area contributed by atoms with Gasteiger partial charge in [-0.25, -0.2) is 0 Å². The second-order valence-electron chi connectivity index (χ2n) is 5.55. The van der Waals surface area contributed by atoms with Gasteiger partial charge in [-0.3, -0.25) is 4.79 Å². The number of benzene rings is 1. The number of para-hydroxylation sites is 1. The molecular formula is C16H19ClN2O2. The third-order valence-electron chi connectivity index (χ3n) is 4.23. The van der Waals surface area contributed by atoms with Crippen molar-refractivity contribution in [3.8, 4) is 0 Å². The summed E-state index contributed by atoms with van der Waals surface area (Å²) in [7, 11) is 1.94. The quantitative estimate of drug-likeness (QED) is 0.926. The first-order valence-corrected chi connectivity index (χ1v) is 7.63. The molecule has 112 valence electrons. The van der Waals surface area contributed by atoms with Crippen LogP contribution in [-0.2, 0) is 0 Å². The molecule has 1 atom stereocenters. The summed E-state index contributed by atoms with van der Waals surface area (Å²) in [5.74, 6) is 0.370. The number of carbonyl (C=O) groups excluding carboxylic acids is 1. The van der Waals surface area contributed by atoms with Crippen LogP contribution in [0.3, 0.4) is 0 Å². The number of hydrogen-bond acceptors (Lipinski definition) is 3. The first-order chi connectivity index (χ1) is 10.1. The Hall–Kier alpha value is -1.52. The van der Waals surface area contributed by atoms with E-state index in [0.29, 0.717) is 22.4 Å². The maximum atomic E-state index is 12.7. The largest absolute Gasteiger partial charge is 0.449 e. The van der Waals surface area contributed by atoms with Crippen molar-refractivity contribution in [2.45, 2.75) is 25.8 Å². The Labute approximate surface area is 129 Å². The average molecular weight is 307 g/mol. The van der Waals surface area contributed by atoms with Crippen LogP contribution >= 0.6 is 11.6 Å². The zero-order chi connectivity index (χ0) is 15.0. The molecule has 1 saturated heterocycles. The summed E-state index contributed by atoms with van der Waals surface area (Å²) in [5, 5.41) is 4.70. The van der Waals surface area contributed by atoms with Crippen molar-refractivity contribution >= 4 is 28.5 Å². The fourth-order valence-electron chi connectivity index (χ4n) is 2.95. The Morgan fingerprint density at radius 1 is 1.48 bits per heavy atom. The van der Waals surface area contributed by atoms with E-state index >= 15 is 0 Å². The number of nitrogens with one attached hydrogen (secondary N) is 1. The first kappa shape index (κ1) is 14.4. The Kier molecular flexibility index (Phi) is 3.91. The van der Waals surface area contributed by atoms with Gasteiger partial charge in [0, 0.05) is 30.1 Å². The van der Waals surface area contributed by atoms with E-state index in [1.54, 1.807) is 6.07 Å². The Morgan fingerprint density at radius 3 is 3.00 bits per heavy atom. The highest BCUT2D eigenvalue weighted by atomic mass is 35.5. The summed E-state index contributed by atoms with van der Waals surface area (Å²) in [5.41, 5.74) is 1.46. The molecule has 0 radical (unpaired) electrons. The minimum atomic E-state index is -0.0419.